The number of piperidine rings is 1. The van der Waals surface area contributed by atoms with Crippen LogP contribution in [-0.4, -0.2) is 29.6 Å². The normalized spacial score (nSPS) is 19.5. The SMILES string of the molecule is OC(O)C#CC1CCNCC1. The average molecular weight is 155 g/mol. The first-order valence-electron chi connectivity index (χ1n) is 3.87. The third kappa shape index (κ3) is 3.38. The molecule has 0 aromatic rings. The Bertz CT molecular complexity index is 163. The van der Waals surface area contributed by atoms with Crippen molar-refractivity contribution in [3.63, 3.8) is 0 Å². The van der Waals surface area contributed by atoms with Crippen LogP contribution in [0.25, 0.3) is 0 Å². The minimum Gasteiger partial charge on any atom is -0.358 e. The molecule has 0 amide bonds. The first-order chi connectivity index (χ1) is 5.29. The minimum atomic E-state index is -1.47. The van der Waals surface area contributed by atoms with Crippen molar-refractivity contribution < 1.29 is 10.2 Å². The van der Waals surface area contributed by atoms with E-state index < -0.39 is 6.29 Å². The van der Waals surface area contributed by atoms with E-state index in [0.29, 0.717) is 5.92 Å². The summed E-state index contributed by atoms with van der Waals surface area (Å²) >= 11 is 0. The van der Waals surface area contributed by atoms with Crippen LogP contribution in [0.5, 0.6) is 0 Å². The second kappa shape index (κ2) is 4.35. The van der Waals surface area contributed by atoms with Crippen molar-refractivity contribution in [1.29, 1.82) is 0 Å². The van der Waals surface area contributed by atoms with Crippen molar-refractivity contribution in [3.8, 4) is 11.8 Å². The smallest absolute Gasteiger partial charge is 0.217 e. The summed E-state index contributed by atoms with van der Waals surface area (Å²) in [5.41, 5.74) is 0. The molecule has 0 saturated carbocycles. The summed E-state index contributed by atoms with van der Waals surface area (Å²) < 4.78 is 0. The first kappa shape index (κ1) is 8.54. The van der Waals surface area contributed by atoms with E-state index >= 15 is 0 Å². The molecular weight excluding hydrogens is 142 g/mol. The Morgan fingerprint density at radius 2 is 1.91 bits per heavy atom. The van der Waals surface area contributed by atoms with Gasteiger partial charge in [-0.2, -0.15) is 0 Å². The molecule has 0 spiro atoms. The lowest BCUT2D eigenvalue weighted by atomic mass is 9.99. The molecule has 1 saturated heterocycles. The van der Waals surface area contributed by atoms with Crippen LogP contribution in [0.2, 0.25) is 0 Å². The maximum absolute atomic E-state index is 8.45. The fourth-order valence-corrected chi connectivity index (χ4v) is 1.16. The van der Waals surface area contributed by atoms with Gasteiger partial charge in [0.1, 0.15) is 0 Å². The maximum atomic E-state index is 8.45. The van der Waals surface area contributed by atoms with Crippen LogP contribution in [0.3, 0.4) is 0 Å². The quantitative estimate of drug-likeness (QED) is 0.320. The van der Waals surface area contributed by atoms with Crippen molar-refractivity contribution in [2.75, 3.05) is 13.1 Å². The Balaban J connectivity index is 2.31. The first-order valence-corrected chi connectivity index (χ1v) is 3.87. The number of rotatable bonds is 0. The Labute approximate surface area is 66.4 Å². The maximum Gasteiger partial charge on any atom is 0.217 e. The van der Waals surface area contributed by atoms with Crippen molar-refractivity contribution in [1.82, 2.24) is 5.32 Å². The monoisotopic (exact) mass is 155 g/mol. The van der Waals surface area contributed by atoms with Gasteiger partial charge < -0.3 is 15.5 Å². The highest BCUT2D eigenvalue weighted by molar-refractivity contribution is 5.06. The molecular formula is C8H13NO2. The van der Waals surface area contributed by atoms with Gasteiger partial charge in [-0.25, -0.2) is 0 Å². The predicted molar refractivity (Wildman–Crippen MR) is 41.6 cm³/mol. The fraction of sp³-hybridized carbons (Fsp3) is 0.750. The molecule has 0 atom stereocenters. The molecule has 0 aliphatic carbocycles. The zero-order valence-electron chi connectivity index (χ0n) is 6.38. The lowest BCUT2D eigenvalue weighted by molar-refractivity contribution is 0.0106. The fourth-order valence-electron chi connectivity index (χ4n) is 1.16. The van der Waals surface area contributed by atoms with Crippen LogP contribution in [0.4, 0.5) is 0 Å². The van der Waals surface area contributed by atoms with Gasteiger partial charge in [0, 0.05) is 5.92 Å². The van der Waals surface area contributed by atoms with Gasteiger partial charge in [0.15, 0.2) is 0 Å². The standard InChI is InChI=1S/C8H13NO2/c10-8(11)2-1-7-3-5-9-6-4-7/h7-11H,3-6H2. The highest BCUT2D eigenvalue weighted by Crippen LogP contribution is 2.09. The molecule has 0 aromatic heterocycles. The third-order valence-electron chi connectivity index (χ3n) is 1.76. The van der Waals surface area contributed by atoms with E-state index in [2.05, 4.69) is 17.2 Å². The lowest BCUT2D eigenvalue weighted by Gasteiger charge is -2.17. The molecule has 3 N–H and O–H groups in total. The Morgan fingerprint density at radius 1 is 1.27 bits per heavy atom. The summed E-state index contributed by atoms with van der Waals surface area (Å²) in [6.07, 6.45) is 0.560. The topological polar surface area (TPSA) is 52.5 Å². The predicted octanol–water partition coefficient (Wildman–Crippen LogP) is -0.700. The minimum absolute atomic E-state index is 0.345. The van der Waals surface area contributed by atoms with Crippen LogP contribution in [0.15, 0.2) is 0 Å². The molecule has 0 aromatic carbocycles. The van der Waals surface area contributed by atoms with E-state index in [1.807, 2.05) is 0 Å². The molecule has 11 heavy (non-hydrogen) atoms. The van der Waals surface area contributed by atoms with Gasteiger partial charge in [-0.05, 0) is 31.9 Å². The van der Waals surface area contributed by atoms with E-state index in [0.717, 1.165) is 25.9 Å². The molecule has 1 heterocycles. The zero-order valence-corrected chi connectivity index (χ0v) is 6.38. The largest absolute Gasteiger partial charge is 0.358 e. The highest BCUT2D eigenvalue weighted by atomic mass is 16.5. The number of hydrogen-bond acceptors (Lipinski definition) is 3. The molecule has 0 bridgehead atoms. The summed E-state index contributed by atoms with van der Waals surface area (Å²) in [5.74, 6) is 5.52. The summed E-state index contributed by atoms with van der Waals surface area (Å²) in [7, 11) is 0. The van der Waals surface area contributed by atoms with Gasteiger partial charge in [-0.15, -0.1) is 0 Å². The van der Waals surface area contributed by atoms with E-state index in [9.17, 15) is 0 Å². The van der Waals surface area contributed by atoms with Gasteiger partial charge in [-0.3, -0.25) is 0 Å². The zero-order chi connectivity index (χ0) is 8.10. The van der Waals surface area contributed by atoms with Crippen LogP contribution in [-0.2, 0) is 0 Å². The molecule has 3 nitrogen and oxygen atoms in total. The van der Waals surface area contributed by atoms with Crippen LogP contribution >= 0.6 is 0 Å². The Kier molecular flexibility index (Phi) is 3.37. The molecule has 1 aliphatic heterocycles. The number of nitrogens with one attached hydrogen (secondary N) is 1. The summed E-state index contributed by atoms with van der Waals surface area (Å²) in [5, 5.41) is 20.1. The van der Waals surface area contributed by atoms with Crippen LogP contribution in [0, 0.1) is 17.8 Å². The van der Waals surface area contributed by atoms with Crippen molar-refractivity contribution in [2.24, 2.45) is 5.92 Å². The Morgan fingerprint density at radius 3 is 2.45 bits per heavy atom. The van der Waals surface area contributed by atoms with Gasteiger partial charge >= 0.3 is 0 Å². The van der Waals surface area contributed by atoms with Crippen molar-refractivity contribution >= 4 is 0 Å². The molecule has 62 valence electrons. The summed E-state index contributed by atoms with van der Waals surface area (Å²) in [6.45, 7) is 1.97. The summed E-state index contributed by atoms with van der Waals surface area (Å²) in [4.78, 5) is 0. The van der Waals surface area contributed by atoms with Gasteiger partial charge in [0.05, 0.1) is 0 Å². The number of aliphatic hydroxyl groups excluding tert-OH is 1. The summed E-state index contributed by atoms with van der Waals surface area (Å²) in [6, 6.07) is 0. The van der Waals surface area contributed by atoms with Gasteiger partial charge in [0.2, 0.25) is 6.29 Å². The lowest BCUT2D eigenvalue weighted by Crippen LogP contribution is -2.27. The molecule has 0 radical (unpaired) electrons. The van der Waals surface area contributed by atoms with E-state index in [-0.39, 0.29) is 0 Å². The molecule has 1 rings (SSSR count). The molecule has 3 heteroatoms. The molecule has 1 aliphatic rings. The third-order valence-corrected chi connectivity index (χ3v) is 1.76. The van der Waals surface area contributed by atoms with Crippen LogP contribution < -0.4 is 5.32 Å². The number of aliphatic hydroxyl groups is 2. The second-order valence-corrected chi connectivity index (χ2v) is 2.69. The van der Waals surface area contributed by atoms with Crippen molar-refractivity contribution in [3.05, 3.63) is 0 Å². The Hall–Kier alpha value is -0.560. The van der Waals surface area contributed by atoms with Crippen molar-refractivity contribution in [2.45, 2.75) is 19.1 Å². The average Bonchev–Trinajstić information content (AvgIpc) is 2.03. The van der Waals surface area contributed by atoms with Gasteiger partial charge in [0.25, 0.3) is 0 Å². The van der Waals surface area contributed by atoms with Crippen LogP contribution in [0.1, 0.15) is 12.8 Å². The van der Waals surface area contributed by atoms with E-state index in [1.54, 1.807) is 0 Å². The van der Waals surface area contributed by atoms with E-state index in [4.69, 9.17) is 10.2 Å². The molecule has 0 unspecified atom stereocenters. The van der Waals surface area contributed by atoms with Gasteiger partial charge in [-0.1, -0.05) is 5.92 Å². The van der Waals surface area contributed by atoms with E-state index in [1.165, 1.54) is 0 Å². The second-order valence-electron chi connectivity index (χ2n) is 2.69. The highest BCUT2D eigenvalue weighted by Gasteiger charge is 2.09. The number of hydrogen-bond donors (Lipinski definition) is 3. The molecule has 1 fully saturated rings.